The Bertz CT molecular complexity index is 185. The van der Waals surface area contributed by atoms with E-state index in [4.69, 9.17) is 0 Å². The summed E-state index contributed by atoms with van der Waals surface area (Å²) >= 11 is 10.9. The third-order valence-electron chi connectivity index (χ3n) is 2.75. The number of fused-ring (bicyclic) bond motifs is 5. The standard InChI is InChI=1S/C8H14Se5/c9-7-6-2-1-5(12-13-6)3-4-8(7,10)11/h5-7,9-11H,1-4H2. The molecule has 0 radical (unpaired) electrons. The van der Waals surface area contributed by atoms with Crippen LogP contribution < -0.4 is 0 Å². The fourth-order valence-corrected chi connectivity index (χ4v) is 17.8. The molecule has 2 bridgehead atoms. The van der Waals surface area contributed by atoms with Crippen LogP contribution in [-0.4, -0.2) is 74.3 Å². The monoisotopic (exact) mass is 510 g/mol. The van der Waals surface area contributed by atoms with Crippen molar-refractivity contribution in [2.75, 3.05) is 0 Å². The second kappa shape index (κ2) is 4.85. The molecule has 3 rings (SSSR count). The molecule has 3 atom stereocenters. The van der Waals surface area contributed by atoms with Crippen LogP contribution in [0, 0.1) is 0 Å². The molecule has 76 valence electrons. The second-order valence-corrected chi connectivity index (χ2v) is 17.6. The summed E-state index contributed by atoms with van der Waals surface area (Å²) in [6.45, 7) is 0. The quantitative estimate of drug-likeness (QED) is 0.410. The van der Waals surface area contributed by atoms with Crippen molar-refractivity contribution in [3.05, 3.63) is 0 Å². The predicted molar refractivity (Wildman–Crippen MR) is 65.4 cm³/mol. The van der Waals surface area contributed by atoms with Gasteiger partial charge in [0.25, 0.3) is 0 Å². The van der Waals surface area contributed by atoms with Gasteiger partial charge in [-0.3, -0.25) is 0 Å². The summed E-state index contributed by atoms with van der Waals surface area (Å²) in [6.07, 6.45) is 6.01. The van der Waals surface area contributed by atoms with Crippen molar-refractivity contribution >= 4 is 74.3 Å². The summed E-state index contributed by atoms with van der Waals surface area (Å²) < 4.78 is 0.488. The molecule has 3 unspecified atom stereocenters. The first-order valence-electron chi connectivity index (χ1n) is 4.54. The van der Waals surface area contributed by atoms with Crippen LogP contribution in [-0.2, 0) is 0 Å². The fraction of sp³-hybridized carbons (Fsp3) is 1.00. The van der Waals surface area contributed by atoms with E-state index in [1.54, 1.807) is 6.42 Å². The Morgan fingerprint density at radius 2 is 1.85 bits per heavy atom. The average molecular weight is 505 g/mol. The van der Waals surface area contributed by atoms with Crippen LogP contribution in [0.4, 0.5) is 0 Å². The first kappa shape index (κ1) is 12.1. The normalized spacial score (nSPS) is 44.1. The maximum absolute atomic E-state index is 2.97. The third kappa shape index (κ3) is 2.83. The second-order valence-electron chi connectivity index (χ2n) is 3.79. The molecule has 13 heavy (non-hydrogen) atoms. The number of hydrogen-bond donors (Lipinski definition) is 0. The topological polar surface area (TPSA) is 0 Å². The molecule has 2 heterocycles. The van der Waals surface area contributed by atoms with E-state index in [2.05, 4.69) is 48.0 Å². The molecule has 3 aliphatic rings. The first-order chi connectivity index (χ1) is 6.09. The summed E-state index contributed by atoms with van der Waals surface area (Å²) in [4.78, 5) is 3.11. The zero-order valence-corrected chi connectivity index (χ0v) is 16.3. The molecule has 0 amide bonds. The Labute approximate surface area is 116 Å². The van der Waals surface area contributed by atoms with E-state index in [1.807, 2.05) is 0 Å². The molecule has 0 aromatic rings. The van der Waals surface area contributed by atoms with Gasteiger partial charge in [0.2, 0.25) is 0 Å². The number of rotatable bonds is 0. The Balaban J connectivity index is 2.13. The third-order valence-corrected chi connectivity index (χ3v) is 19.7. The van der Waals surface area contributed by atoms with Gasteiger partial charge in [0.15, 0.2) is 0 Å². The van der Waals surface area contributed by atoms with Crippen LogP contribution in [0.5, 0.6) is 0 Å². The summed E-state index contributed by atoms with van der Waals surface area (Å²) in [7, 11) is 0. The van der Waals surface area contributed by atoms with Crippen molar-refractivity contribution in [1.82, 2.24) is 0 Å². The van der Waals surface area contributed by atoms with Crippen LogP contribution in [0.2, 0.25) is 17.7 Å². The molecule has 0 spiro atoms. The average Bonchev–Trinajstić information content (AvgIpc) is 2.13. The molecule has 1 saturated carbocycles. The molecule has 2 aliphatic heterocycles. The fourth-order valence-electron chi connectivity index (χ4n) is 1.82. The maximum atomic E-state index is 2.97. The Morgan fingerprint density at radius 1 is 1.08 bits per heavy atom. The van der Waals surface area contributed by atoms with Gasteiger partial charge < -0.3 is 0 Å². The van der Waals surface area contributed by atoms with Gasteiger partial charge in [0, 0.05) is 0 Å². The Hall–Kier alpha value is 2.60. The van der Waals surface area contributed by atoms with Gasteiger partial charge in [-0.2, -0.15) is 0 Å². The van der Waals surface area contributed by atoms with Crippen molar-refractivity contribution in [3.8, 4) is 0 Å². The van der Waals surface area contributed by atoms with Gasteiger partial charge in [-0.25, -0.2) is 0 Å². The van der Waals surface area contributed by atoms with Crippen LogP contribution in [0.1, 0.15) is 25.7 Å². The molecular weight excluding hydrogens is 491 g/mol. The summed E-state index contributed by atoms with van der Waals surface area (Å²) in [6, 6.07) is 0. The number of hydrogen-bond acceptors (Lipinski definition) is 0. The van der Waals surface area contributed by atoms with Gasteiger partial charge in [-0.05, 0) is 0 Å². The van der Waals surface area contributed by atoms with Gasteiger partial charge >= 0.3 is 118 Å². The molecule has 0 N–H and O–H groups in total. The molecule has 3 fully saturated rings. The van der Waals surface area contributed by atoms with Gasteiger partial charge in [0.1, 0.15) is 0 Å². The van der Waals surface area contributed by atoms with E-state index in [0.29, 0.717) is 3.21 Å². The van der Waals surface area contributed by atoms with Crippen LogP contribution in [0.25, 0.3) is 0 Å². The molecular formula is C8H14Se5. The Morgan fingerprint density at radius 3 is 2.46 bits per heavy atom. The van der Waals surface area contributed by atoms with Gasteiger partial charge in [-0.15, -0.1) is 0 Å². The molecule has 5 heteroatoms. The zero-order valence-electron chi connectivity index (χ0n) is 7.22. The van der Waals surface area contributed by atoms with Crippen molar-refractivity contribution in [2.24, 2.45) is 0 Å². The van der Waals surface area contributed by atoms with Crippen molar-refractivity contribution in [3.63, 3.8) is 0 Å². The molecule has 0 aromatic heterocycles. The van der Waals surface area contributed by atoms with E-state index in [-0.39, 0.29) is 0 Å². The van der Waals surface area contributed by atoms with E-state index in [0.717, 1.165) is 40.7 Å². The molecule has 0 aromatic carbocycles. The molecule has 0 nitrogen and oxygen atoms in total. The van der Waals surface area contributed by atoms with E-state index in [9.17, 15) is 0 Å². The van der Waals surface area contributed by atoms with Crippen molar-refractivity contribution in [1.29, 1.82) is 0 Å². The minimum atomic E-state index is 0.488. The van der Waals surface area contributed by atoms with Crippen molar-refractivity contribution < 1.29 is 0 Å². The van der Waals surface area contributed by atoms with Crippen molar-refractivity contribution in [2.45, 2.75) is 43.3 Å². The van der Waals surface area contributed by atoms with Gasteiger partial charge in [0.05, 0.1) is 0 Å². The first-order valence-corrected chi connectivity index (χ1v) is 13.8. The van der Waals surface area contributed by atoms with Crippen LogP contribution in [0.3, 0.4) is 0 Å². The molecule has 2 saturated heterocycles. The van der Waals surface area contributed by atoms with E-state index >= 15 is 0 Å². The molecule has 1 aliphatic carbocycles. The van der Waals surface area contributed by atoms with E-state index < -0.39 is 0 Å². The Kier molecular flexibility index (Phi) is 4.50. The van der Waals surface area contributed by atoms with Gasteiger partial charge in [-0.1, -0.05) is 0 Å². The zero-order chi connectivity index (χ0) is 9.47. The van der Waals surface area contributed by atoms with E-state index in [1.165, 1.54) is 19.3 Å². The minimum absolute atomic E-state index is 0.488. The summed E-state index contributed by atoms with van der Waals surface area (Å²) in [5.41, 5.74) is 0. The summed E-state index contributed by atoms with van der Waals surface area (Å²) in [5.74, 6) is 0. The van der Waals surface area contributed by atoms with Crippen LogP contribution >= 0.6 is 0 Å². The predicted octanol–water partition coefficient (Wildman–Crippen LogP) is 0.0815. The summed E-state index contributed by atoms with van der Waals surface area (Å²) in [5, 5.41) is 0. The van der Waals surface area contributed by atoms with Crippen LogP contribution in [0.15, 0.2) is 0 Å². The SMILES string of the molecule is [SeH]C1C2CCC(CCC1([SeH])[SeH])[Se][Se]2.